The van der Waals surface area contributed by atoms with Crippen molar-refractivity contribution in [3.63, 3.8) is 0 Å². The van der Waals surface area contributed by atoms with Gasteiger partial charge in [0.05, 0.1) is 5.56 Å². The molecule has 14 heavy (non-hydrogen) atoms. The second kappa shape index (κ2) is 3.31. The minimum atomic E-state index is -0.388. The van der Waals surface area contributed by atoms with Gasteiger partial charge in [-0.3, -0.25) is 4.79 Å². The Morgan fingerprint density at radius 2 is 2.00 bits per heavy atom. The molecule has 1 aliphatic heterocycles. The summed E-state index contributed by atoms with van der Waals surface area (Å²) >= 11 is 0. The number of carbonyl (C=O) groups excluding carboxylic acids is 1. The second-order valence-corrected chi connectivity index (χ2v) is 3.55. The Bertz CT molecular complexity index is 358. The maximum absolute atomic E-state index is 11.1. The number of anilines is 1. The van der Waals surface area contributed by atoms with Gasteiger partial charge in [0.15, 0.2) is 0 Å². The van der Waals surface area contributed by atoms with Gasteiger partial charge in [-0.15, -0.1) is 0 Å². The molecule has 0 aliphatic carbocycles. The van der Waals surface area contributed by atoms with E-state index in [0.717, 1.165) is 18.8 Å². The zero-order valence-corrected chi connectivity index (χ0v) is 7.81. The van der Waals surface area contributed by atoms with Gasteiger partial charge < -0.3 is 16.4 Å². The molecule has 1 saturated heterocycles. The minimum Gasteiger partial charge on any atom is -0.368 e. The number of amides is 1. The van der Waals surface area contributed by atoms with Gasteiger partial charge in [0.25, 0.3) is 5.91 Å². The zero-order chi connectivity index (χ0) is 10.1. The summed E-state index contributed by atoms with van der Waals surface area (Å²) in [4.78, 5) is 13.2. The van der Waals surface area contributed by atoms with E-state index in [0.29, 0.717) is 5.56 Å². The maximum atomic E-state index is 11.1. The van der Waals surface area contributed by atoms with Crippen LogP contribution >= 0.6 is 0 Å². The van der Waals surface area contributed by atoms with E-state index in [-0.39, 0.29) is 11.9 Å². The molecule has 1 fully saturated rings. The number of para-hydroxylation sites is 1. The number of nitrogens with two attached hydrogens (primary N) is 2. The predicted octanol–water partition coefficient (Wildman–Crippen LogP) is -0.0672. The van der Waals surface area contributed by atoms with E-state index in [2.05, 4.69) is 4.90 Å². The number of hydrogen-bond donors (Lipinski definition) is 2. The van der Waals surface area contributed by atoms with Crippen LogP contribution in [0.5, 0.6) is 0 Å². The highest BCUT2D eigenvalue weighted by molar-refractivity contribution is 5.98. The largest absolute Gasteiger partial charge is 0.368 e. The van der Waals surface area contributed by atoms with Crippen molar-refractivity contribution in [2.24, 2.45) is 11.5 Å². The maximum Gasteiger partial charge on any atom is 0.250 e. The van der Waals surface area contributed by atoms with Crippen molar-refractivity contribution in [3.8, 4) is 0 Å². The fourth-order valence-corrected chi connectivity index (χ4v) is 1.67. The molecule has 4 heteroatoms. The van der Waals surface area contributed by atoms with E-state index in [1.54, 1.807) is 6.07 Å². The SMILES string of the molecule is NC(=O)c1ccccc1N1CC(N)C1. The number of carbonyl (C=O) groups is 1. The van der Waals surface area contributed by atoms with Gasteiger partial charge in [0.1, 0.15) is 0 Å². The first-order valence-electron chi connectivity index (χ1n) is 4.58. The molecule has 1 aromatic carbocycles. The molecule has 4 nitrogen and oxygen atoms in total. The topological polar surface area (TPSA) is 72.4 Å². The lowest BCUT2D eigenvalue weighted by molar-refractivity contribution is 0.100. The van der Waals surface area contributed by atoms with Crippen molar-refractivity contribution in [1.82, 2.24) is 0 Å². The average molecular weight is 191 g/mol. The molecule has 2 rings (SSSR count). The third-order valence-electron chi connectivity index (χ3n) is 2.42. The standard InChI is InChI=1S/C10H13N3O/c11-7-5-13(6-7)9-4-2-1-3-8(9)10(12)14/h1-4,7H,5-6,11H2,(H2,12,14). The molecule has 0 spiro atoms. The van der Waals surface area contributed by atoms with Gasteiger partial charge in [-0.2, -0.15) is 0 Å². The van der Waals surface area contributed by atoms with Crippen LogP contribution in [0.25, 0.3) is 0 Å². The van der Waals surface area contributed by atoms with Crippen molar-refractivity contribution >= 4 is 11.6 Å². The molecule has 0 atom stereocenters. The Morgan fingerprint density at radius 3 is 2.57 bits per heavy atom. The van der Waals surface area contributed by atoms with E-state index in [9.17, 15) is 4.79 Å². The zero-order valence-electron chi connectivity index (χ0n) is 7.81. The van der Waals surface area contributed by atoms with Crippen molar-refractivity contribution in [3.05, 3.63) is 29.8 Å². The Hall–Kier alpha value is -1.55. The van der Waals surface area contributed by atoms with Crippen LogP contribution in [0.2, 0.25) is 0 Å². The lowest BCUT2D eigenvalue weighted by atomic mass is 10.1. The summed E-state index contributed by atoms with van der Waals surface area (Å²) < 4.78 is 0. The highest BCUT2D eigenvalue weighted by atomic mass is 16.1. The summed E-state index contributed by atoms with van der Waals surface area (Å²) in [7, 11) is 0. The molecular weight excluding hydrogens is 178 g/mol. The molecule has 1 aliphatic rings. The first-order valence-corrected chi connectivity index (χ1v) is 4.58. The molecule has 0 saturated carbocycles. The summed E-state index contributed by atoms with van der Waals surface area (Å²) in [6.45, 7) is 1.59. The van der Waals surface area contributed by atoms with E-state index >= 15 is 0 Å². The monoisotopic (exact) mass is 191 g/mol. The predicted molar refractivity (Wildman–Crippen MR) is 55.1 cm³/mol. The van der Waals surface area contributed by atoms with Crippen LogP contribution in [-0.2, 0) is 0 Å². The number of primary amides is 1. The summed E-state index contributed by atoms with van der Waals surface area (Å²) in [6.07, 6.45) is 0. The highest BCUT2D eigenvalue weighted by Gasteiger charge is 2.25. The van der Waals surface area contributed by atoms with Crippen LogP contribution < -0.4 is 16.4 Å². The summed E-state index contributed by atoms with van der Waals surface area (Å²) in [5, 5.41) is 0. The number of rotatable bonds is 2. The van der Waals surface area contributed by atoms with Crippen molar-refractivity contribution in [1.29, 1.82) is 0 Å². The van der Waals surface area contributed by atoms with Crippen LogP contribution in [0.1, 0.15) is 10.4 Å². The molecule has 0 unspecified atom stereocenters. The normalized spacial score (nSPS) is 16.5. The van der Waals surface area contributed by atoms with Gasteiger partial charge in [0, 0.05) is 24.8 Å². The van der Waals surface area contributed by atoms with Crippen molar-refractivity contribution in [2.45, 2.75) is 6.04 Å². The van der Waals surface area contributed by atoms with Crippen LogP contribution in [0, 0.1) is 0 Å². The average Bonchev–Trinajstić information content (AvgIpc) is 2.13. The summed E-state index contributed by atoms with van der Waals surface area (Å²) in [5.41, 5.74) is 12.4. The first-order chi connectivity index (χ1) is 6.68. The number of nitrogens with zero attached hydrogens (tertiary/aromatic N) is 1. The third kappa shape index (κ3) is 1.44. The van der Waals surface area contributed by atoms with Crippen LogP contribution in [0.3, 0.4) is 0 Å². The fraction of sp³-hybridized carbons (Fsp3) is 0.300. The molecule has 1 heterocycles. The van der Waals surface area contributed by atoms with Crippen LogP contribution in [0.4, 0.5) is 5.69 Å². The van der Waals surface area contributed by atoms with E-state index in [1.807, 2.05) is 18.2 Å². The van der Waals surface area contributed by atoms with Crippen LogP contribution in [0.15, 0.2) is 24.3 Å². The third-order valence-corrected chi connectivity index (χ3v) is 2.42. The lowest BCUT2D eigenvalue weighted by Gasteiger charge is -2.39. The molecule has 0 aromatic heterocycles. The lowest BCUT2D eigenvalue weighted by Crippen LogP contribution is -2.56. The van der Waals surface area contributed by atoms with Gasteiger partial charge >= 0.3 is 0 Å². The molecule has 0 bridgehead atoms. The molecule has 1 amide bonds. The molecule has 74 valence electrons. The van der Waals surface area contributed by atoms with Crippen LogP contribution in [-0.4, -0.2) is 25.0 Å². The minimum absolute atomic E-state index is 0.218. The van der Waals surface area contributed by atoms with Crippen molar-refractivity contribution < 1.29 is 4.79 Å². The van der Waals surface area contributed by atoms with Gasteiger partial charge in [-0.05, 0) is 12.1 Å². The van der Waals surface area contributed by atoms with Gasteiger partial charge in [-0.25, -0.2) is 0 Å². The summed E-state index contributed by atoms with van der Waals surface area (Å²) in [5.74, 6) is -0.388. The summed E-state index contributed by atoms with van der Waals surface area (Å²) in [6, 6.07) is 7.55. The Balaban J connectivity index is 2.28. The Morgan fingerprint density at radius 1 is 1.36 bits per heavy atom. The van der Waals surface area contributed by atoms with E-state index in [1.165, 1.54) is 0 Å². The number of benzene rings is 1. The second-order valence-electron chi connectivity index (χ2n) is 3.55. The highest BCUT2D eigenvalue weighted by Crippen LogP contribution is 2.23. The fourth-order valence-electron chi connectivity index (χ4n) is 1.67. The van der Waals surface area contributed by atoms with E-state index < -0.39 is 0 Å². The van der Waals surface area contributed by atoms with E-state index in [4.69, 9.17) is 11.5 Å². The Labute approximate surface area is 82.5 Å². The first kappa shape index (κ1) is 9.02. The number of hydrogen-bond acceptors (Lipinski definition) is 3. The Kier molecular flexibility index (Phi) is 2.13. The molecule has 1 aromatic rings. The molecule has 4 N–H and O–H groups in total. The molecular formula is C10H13N3O. The smallest absolute Gasteiger partial charge is 0.250 e. The van der Waals surface area contributed by atoms with Gasteiger partial charge in [0.2, 0.25) is 0 Å². The van der Waals surface area contributed by atoms with Crippen molar-refractivity contribution in [2.75, 3.05) is 18.0 Å². The quantitative estimate of drug-likeness (QED) is 0.687. The van der Waals surface area contributed by atoms with Gasteiger partial charge in [-0.1, -0.05) is 12.1 Å². The molecule has 0 radical (unpaired) electrons.